The van der Waals surface area contributed by atoms with Crippen molar-refractivity contribution in [1.29, 1.82) is 0 Å². The average Bonchev–Trinajstić information content (AvgIpc) is 3.41. The lowest BCUT2D eigenvalue weighted by Gasteiger charge is -2.16. The van der Waals surface area contributed by atoms with Gasteiger partial charge in [-0.25, -0.2) is 16.8 Å². The Hall–Kier alpha value is -3.63. The van der Waals surface area contributed by atoms with E-state index in [0.29, 0.717) is 38.6 Å². The Bertz CT molecular complexity index is 1800. The Labute approximate surface area is 205 Å². The highest BCUT2D eigenvalue weighted by Gasteiger charge is 2.20. The van der Waals surface area contributed by atoms with E-state index in [1.165, 1.54) is 26.9 Å². The molecule has 0 spiro atoms. The third-order valence-electron chi connectivity index (χ3n) is 5.91. The highest BCUT2D eigenvalue weighted by atomic mass is 35.5. The van der Waals surface area contributed by atoms with E-state index in [1.54, 1.807) is 62.4 Å². The molecule has 0 aliphatic heterocycles. The second-order valence-corrected chi connectivity index (χ2v) is 10.8. The molecule has 8 nitrogen and oxygen atoms in total. The number of benzene rings is 2. The van der Waals surface area contributed by atoms with E-state index in [2.05, 4.69) is 10.4 Å². The average molecular weight is 514 g/mol. The maximum atomic E-state index is 14.7. The van der Waals surface area contributed by atoms with Gasteiger partial charge in [0, 0.05) is 59.9 Å². The van der Waals surface area contributed by atoms with Gasteiger partial charge in [0.15, 0.2) is 0 Å². The van der Waals surface area contributed by atoms with Crippen molar-refractivity contribution in [1.82, 2.24) is 18.3 Å². The van der Waals surface area contributed by atoms with Crippen molar-refractivity contribution >= 4 is 54.8 Å². The van der Waals surface area contributed by atoms with Gasteiger partial charge in [-0.3, -0.25) is 9.48 Å². The van der Waals surface area contributed by atoms with Gasteiger partial charge >= 0.3 is 0 Å². The quantitative estimate of drug-likeness (QED) is 0.370. The summed E-state index contributed by atoms with van der Waals surface area (Å²) in [4.78, 5) is 12.7. The number of halogens is 2. The molecule has 180 valence electrons. The van der Waals surface area contributed by atoms with Gasteiger partial charge in [-0.15, -0.1) is 0 Å². The zero-order valence-electron chi connectivity index (χ0n) is 19.1. The van der Waals surface area contributed by atoms with Crippen LogP contribution in [0.2, 0.25) is 5.02 Å². The lowest BCUT2D eigenvalue weighted by molar-refractivity contribution is 0.590. The molecule has 0 unspecified atom stereocenters. The van der Waals surface area contributed by atoms with Crippen LogP contribution in [0.4, 0.5) is 15.8 Å². The van der Waals surface area contributed by atoms with Crippen LogP contribution in [-0.2, 0) is 24.1 Å². The van der Waals surface area contributed by atoms with E-state index in [0.717, 1.165) is 0 Å². The van der Waals surface area contributed by atoms with Crippen molar-refractivity contribution in [3.8, 4) is 11.1 Å². The van der Waals surface area contributed by atoms with Gasteiger partial charge in [0.05, 0.1) is 22.3 Å². The zero-order valence-corrected chi connectivity index (χ0v) is 20.7. The molecule has 0 amide bonds. The molecule has 5 rings (SSSR count). The molecular formula is C24H21ClFN5O3S. The summed E-state index contributed by atoms with van der Waals surface area (Å²) in [5, 5.41) is 8.91. The molecule has 3 heterocycles. The van der Waals surface area contributed by atoms with Crippen molar-refractivity contribution in [2.24, 2.45) is 14.1 Å². The van der Waals surface area contributed by atoms with Crippen molar-refractivity contribution < 1.29 is 12.8 Å². The van der Waals surface area contributed by atoms with Crippen molar-refractivity contribution in [3.05, 3.63) is 76.2 Å². The third kappa shape index (κ3) is 3.88. The zero-order chi connectivity index (χ0) is 25.1. The smallest absolute Gasteiger partial charge is 0.261 e. The maximum Gasteiger partial charge on any atom is 0.261 e. The van der Waals surface area contributed by atoms with Crippen molar-refractivity contribution in [3.63, 3.8) is 0 Å². The number of aromatic nitrogens is 4. The molecule has 0 fully saturated rings. The first-order valence-corrected chi connectivity index (χ1v) is 12.7. The second-order valence-electron chi connectivity index (χ2n) is 8.24. The first kappa shape index (κ1) is 23.1. The highest BCUT2D eigenvalue weighted by Crippen LogP contribution is 2.38. The van der Waals surface area contributed by atoms with Crippen LogP contribution < -0.4 is 10.9 Å². The lowest BCUT2D eigenvalue weighted by atomic mass is 10.0. The van der Waals surface area contributed by atoms with Gasteiger partial charge in [-0.05, 0) is 43.3 Å². The lowest BCUT2D eigenvalue weighted by Crippen LogP contribution is -2.16. The largest absolute Gasteiger partial charge is 0.353 e. The number of nitrogens with one attached hydrogen (secondary N) is 1. The van der Waals surface area contributed by atoms with Gasteiger partial charge < -0.3 is 9.88 Å². The summed E-state index contributed by atoms with van der Waals surface area (Å²) in [7, 11) is -0.222. The van der Waals surface area contributed by atoms with Gasteiger partial charge in [0.2, 0.25) is 10.0 Å². The number of fused-ring (bicyclic) bond motifs is 2. The molecule has 5 aromatic rings. The summed E-state index contributed by atoms with van der Waals surface area (Å²) in [6, 6.07) is 9.45. The van der Waals surface area contributed by atoms with Crippen LogP contribution in [0.3, 0.4) is 0 Å². The van der Waals surface area contributed by atoms with Gasteiger partial charge in [-0.2, -0.15) is 5.10 Å². The molecule has 0 bridgehead atoms. The maximum absolute atomic E-state index is 14.7. The first-order valence-electron chi connectivity index (χ1n) is 10.7. The number of anilines is 2. The van der Waals surface area contributed by atoms with E-state index in [-0.39, 0.29) is 22.0 Å². The predicted molar refractivity (Wildman–Crippen MR) is 136 cm³/mol. The van der Waals surface area contributed by atoms with Crippen LogP contribution in [0.25, 0.3) is 32.9 Å². The van der Waals surface area contributed by atoms with E-state index in [9.17, 15) is 17.6 Å². The van der Waals surface area contributed by atoms with E-state index >= 15 is 0 Å². The first-order chi connectivity index (χ1) is 16.6. The molecule has 0 saturated heterocycles. The molecule has 11 heteroatoms. The fraction of sp³-hybridized carbons (Fsp3) is 0.167. The van der Waals surface area contributed by atoms with Crippen LogP contribution in [0.1, 0.15) is 6.92 Å². The Morgan fingerprint density at radius 3 is 2.54 bits per heavy atom. The summed E-state index contributed by atoms with van der Waals surface area (Å²) in [6.07, 6.45) is 4.77. The van der Waals surface area contributed by atoms with Crippen molar-refractivity contribution in [2.75, 3.05) is 11.1 Å². The summed E-state index contributed by atoms with van der Waals surface area (Å²) < 4.78 is 44.3. The molecule has 0 atom stereocenters. The Morgan fingerprint density at radius 2 is 1.83 bits per heavy atom. The van der Waals surface area contributed by atoms with Gasteiger partial charge in [0.25, 0.3) is 5.56 Å². The molecule has 0 saturated carbocycles. The van der Waals surface area contributed by atoms with Crippen LogP contribution >= 0.6 is 11.6 Å². The van der Waals surface area contributed by atoms with Crippen LogP contribution in [-0.4, -0.2) is 32.5 Å². The summed E-state index contributed by atoms with van der Waals surface area (Å²) in [5.74, 6) is -0.620. The van der Waals surface area contributed by atoms with Crippen LogP contribution in [0.15, 0.2) is 59.8 Å². The minimum absolute atomic E-state index is 0.0770. The fourth-order valence-electron chi connectivity index (χ4n) is 4.15. The molecule has 1 N–H and O–H groups in total. The number of rotatable bonds is 5. The molecule has 0 aliphatic carbocycles. The Balaban J connectivity index is 1.85. The SMILES string of the molecule is CCS(=O)(=O)n1ccc2cc(Nc3ccc(Cl)cc3F)c(-c3cn(C)c(=O)c4cn(C)nc34)cc21. The standard InChI is InChI=1S/C24H21ClFN5O3S/c1-4-35(33,34)31-8-7-14-9-21(27-20-6-5-15(25)10-19(20)26)16(11-22(14)31)17-12-29(2)24(32)18-13-30(3)28-23(17)18/h5-13,27H,4H2,1-3H3. The summed E-state index contributed by atoms with van der Waals surface area (Å²) in [5.41, 5.74) is 2.54. The van der Waals surface area contributed by atoms with Crippen molar-refractivity contribution in [2.45, 2.75) is 6.92 Å². The third-order valence-corrected chi connectivity index (χ3v) is 7.79. The fourth-order valence-corrected chi connectivity index (χ4v) is 5.29. The Kier molecular flexibility index (Phi) is 5.45. The minimum atomic E-state index is -3.57. The normalized spacial score (nSPS) is 12.0. The van der Waals surface area contributed by atoms with E-state index in [4.69, 9.17) is 11.6 Å². The minimum Gasteiger partial charge on any atom is -0.353 e. The van der Waals surface area contributed by atoms with E-state index in [1.807, 2.05) is 0 Å². The summed E-state index contributed by atoms with van der Waals surface area (Å²) in [6.45, 7) is 1.58. The monoisotopic (exact) mass is 513 g/mol. The van der Waals surface area contributed by atoms with Crippen LogP contribution in [0, 0.1) is 5.82 Å². The molecule has 35 heavy (non-hydrogen) atoms. The molecule has 0 radical (unpaired) electrons. The van der Waals surface area contributed by atoms with Gasteiger partial charge in [-0.1, -0.05) is 11.6 Å². The van der Waals surface area contributed by atoms with Gasteiger partial charge in [0.1, 0.15) is 11.3 Å². The Morgan fingerprint density at radius 1 is 1.06 bits per heavy atom. The number of hydrogen-bond acceptors (Lipinski definition) is 5. The predicted octanol–water partition coefficient (Wildman–Crippen LogP) is 4.63. The summed E-state index contributed by atoms with van der Waals surface area (Å²) >= 11 is 5.91. The number of hydrogen-bond donors (Lipinski definition) is 1. The molecule has 0 aliphatic rings. The number of nitrogens with zero attached hydrogens (tertiary/aromatic N) is 4. The topological polar surface area (TPSA) is 90.9 Å². The highest BCUT2D eigenvalue weighted by molar-refractivity contribution is 7.90. The number of aryl methyl sites for hydroxylation is 2. The van der Waals surface area contributed by atoms with Crippen LogP contribution in [0.5, 0.6) is 0 Å². The molecule has 2 aromatic carbocycles. The number of pyridine rings is 1. The molecular weight excluding hydrogens is 493 g/mol. The van der Waals surface area contributed by atoms with E-state index < -0.39 is 15.8 Å². The second kappa shape index (κ2) is 8.24. The molecule has 3 aromatic heterocycles.